The average molecular weight is 329 g/mol. The van der Waals surface area contributed by atoms with Gasteiger partial charge in [0.1, 0.15) is 0 Å². The van der Waals surface area contributed by atoms with Gasteiger partial charge in [-0.1, -0.05) is 41.9 Å². The Morgan fingerprint density at radius 2 is 1.74 bits per heavy atom. The van der Waals surface area contributed by atoms with E-state index >= 15 is 0 Å². The smallest absolute Gasteiger partial charge is 0.251 e. The topological polar surface area (TPSA) is 32.3 Å². The van der Waals surface area contributed by atoms with Gasteiger partial charge in [0.2, 0.25) is 0 Å². The summed E-state index contributed by atoms with van der Waals surface area (Å²) in [6.45, 7) is 3.96. The second-order valence-corrected chi connectivity index (χ2v) is 6.43. The molecular weight excluding hydrogens is 308 g/mol. The number of carbonyl (C=O) groups excluding carboxylic acids is 1. The van der Waals surface area contributed by atoms with Crippen molar-refractivity contribution in [2.75, 3.05) is 13.1 Å². The van der Waals surface area contributed by atoms with Crippen LogP contribution in [0.15, 0.2) is 48.5 Å². The molecule has 1 amide bonds. The third-order valence-corrected chi connectivity index (χ3v) is 4.40. The summed E-state index contributed by atoms with van der Waals surface area (Å²) in [6, 6.07) is 15.5. The first-order valence-corrected chi connectivity index (χ1v) is 8.42. The number of rotatable bonds is 5. The van der Waals surface area contributed by atoms with Crippen molar-refractivity contribution in [2.45, 2.75) is 25.9 Å². The number of amides is 1. The number of nitrogens with one attached hydrogen (secondary N) is 1. The van der Waals surface area contributed by atoms with Gasteiger partial charge < -0.3 is 5.32 Å². The predicted octanol–water partition coefficient (Wildman–Crippen LogP) is 3.87. The maximum Gasteiger partial charge on any atom is 0.251 e. The Morgan fingerprint density at radius 1 is 1.04 bits per heavy atom. The first-order chi connectivity index (χ1) is 11.2. The summed E-state index contributed by atoms with van der Waals surface area (Å²) in [5.41, 5.74) is 3.02. The molecule has 1 saturated heterocycles. The molecule has 120 valence electrons. The fourth-order valence-corrected chi connectivity index (χ4v) is 3.07. The third kappa shape index (κ3) is 4.57. The molecule has 0 unspecified atom stereocenters. The van der Waals surface area contributed by atoms with Crippen LogP contribution in [0.2, 0.25) is 5.02 Å². The number of halogens is 1. The van der Waals surface area contributed by atoms with Gasteiger partial charge in [-0.05, 0) is 55.3 Å². The zero-order valence-electron chi connectivity index (χ0n) is 13.1. The Kier molecular flexibility index (Phi) is 5.31. The molecule has 1 N–H and O–H groups in total. The Balaban J connectivity index is 1.52. The van der Waals surface area contributed by atoms with E-state index in [4.69, 9.17) is 11.6 Å². The Hall–Kier alpha value is -1.84. The largest absolute Gasteiger partial charge is 0.348 e. The van der Waals surface area contributed by atoms with Crippen molar-refractivity contribution >= 4 is 17.5 Å². The van der Waals surface area contributed by atoms with Gasteiger partial charge >= 0.3 is 0 Å². The molecule has 2 aromatic carbocycles. The van der Waals surface area contributed by atoms with Crippen molar-refractivity contribution in [3.05, 3.63) is 70.2 Å². The Morgan fingerprint density at radius 3 is 2.43 bits per heavy atom. The van der Waals surface area contributed by atoms with E-state index in [0.29, 0.717) is 17.1 Å². The van der Waals surface area contributed by atoms with Crippen molar-refractivity contribution in [1.82, 2.24) is 10.2 Å². The molecule has 0 radical (unpaired) electrons. The lowest BCUT2D eigenvalue weighted by Gasteiger charge is -2.14. The van der Waals surface area contributed by atoms with Gasteiger partial charge in [0, 0.05) is 23.7 Å². The standard InChI is InChI=1S/C19H21ClN2O/c20-18-5-3-4-17(12-18)19(23)21-13-15-6-8-16(9-7-15)14-22-10-1-2-11-22/h3-9,12H,1-2,10-11,13-14H2,(H,21,23). The minimum Gasteiger partial charge on any atom is -0.348 e. The van der Waals surface area contributed by atoms with E-state index in [1.54, 1.807) is 24.3 Å². The predicted molar refractivity (Wildman–Crippen MR) is 93.6 cm³/mol. The molecule has 4 heteroatoms. The van der Waals surface area contributed by atoms with Crippen molar-refractivity contribution in [3.63, 3.8) is 0 Å². The SMILES string of the molecule is O=C(NCc1ccc(CN2CCCC2)cc1)c1cccc(Cl)c1. The number of hydrogen-bond donors (Lipinski definition) is 1. The fraction of sp³-hybridized carbons (Fsp3) is 0.316. The lowest BCUT2D eigenvalue weighted by Crippen LogP contribution is -2.22. The molecule has 0 atom stereocenters. The number of likely N-dealkylation sites (tertiary alicyclic amines) is 1. The van der Waals surface area contributed by atoms with Crippen molar-refractivity contribution in [2.24, 2.45) is 0 Å². The maximum atomic E-state index is 12.1. The molecule has 0 spiro atoms. The second kappa shape index (κ2) is 7.62. The summed E-state index contributed by atoms with van der Waals surface area (Å²) in [5.74, 6) is -0.103. The highest BCUT2D eigenvalue weighted by atomic mass is 35.5. The molecule has 3 rings (SSSR count). The highest BCUT2D eigenvalue weighted by Crippen LogP contribution is 2.14. The number of carbonyl (C=O) groups is 1. The zero-order valence-corrected chi connectivity index (χ0v) is 13.9. The molecule has 2 aromatic rings. The van der Waals surface area contributed by atoms with Crippen LogP contribution in [0.25, 0.3) is 0 Å². The monoisotopic (exact) mass is 328 g/mol. The van der Waals surface area contributed by atoms with Gasteiger partial charge in [0.05, 0.1) is 0 Å². The van der Waals surface area contributed by atoms with Crippen molar-refractivity contribution in [1.29, 1.82) is 0 Å². The highest BCUT2D eigenvalue weighted by Gasteiger charge is 2.11. The number of nitrogens with zero attached hydrogens (tertiary/aromatic N) is 1. The summed E-state index contributed by atoms with van der Waals surface area (Å²) in [6.07, 6.45) is 2.63. The van der Waals surface area contributed by atoms with E-state index in [1.807, 2.05) is 0 Å². The molecule has 1 heterocycles. The van der Waals surface area contributed by atoms with E-state index in [9.17, 15) is 4.79 Å². The summed E-state index contributed by atoms with van der Waals surface area (Å²) >= 11 is 5.91. The van der Waals surface area contributed by atoms with E-state index < -0.39 is 0 Å². The molecule has 1 fully saturated rings. The van der Waals surface area contributed by atoms with Crippen LogP contribution in [0.1, 0.15) is 34.3 Å². The molecule has 1 aliphatic rings. The van der Waals surface area contributed by atoms with Crippen LogP contribution in [0.4, 0.5) is 0 Å². The summed E-state index contributed by atoms with van der Waals surface area (Å²) in [7, 11) is 0. The van der Waals surface area contributed by atoms with E-state index in [1.165, 1.54) is 31.5 Å². The zero-order chi connectivity index (χ0) is 16.1. The van der Waals surface area contributed by atoms with Gasteiger partial charge in [0.15, 0.2) is 0 Å². The maximum absolute atomic E-state index is 12.1. The molecule has 0 aromatic heterocycles. The fourth-order valence-electron chi connectivity index (χ4n) is 2.88. The lowest BCUT2D eigenvalue weighted by molar-refractivity contribution is 0.0951. The van der Waals surface area contributed by atoms with Gasteiger partial charge in [-0.25, -0.2) is 0 Å². The normalized spacial score (nSPS) is 14.8. The van der Waals surface area contributed by atoms with Crippen LogP contribution in [0.5, 0.6) is 0 Å². The van der Waals surface area contributed by atoms with E-state index in [-0.39, 0.29) is 5.91 Å². The van der Waals surface area contributed by atoms with Crippen molar-refractivity contribution in [3.8, 4) is 0 Å². The molecule has 0 saturated carbocycles. The van der Waals surface area contributed by atoms with Gasteiger partial charge in [-0.2, -0.15) is 0 Å². The van der Waals surface area contributed by atoms with Crippen LogP contribution < -0.4 is 5.32 Å². The number of benzene rings is 2. The lowest BCUT2D eigenvalue weighted by atomic mass is 10.1. The molecule has 0 bridgehead atoms. The minimum atomic E-state index is -0.103. The Labute approximate surface area is 142 Å². The molecular formula is C19H21ClN2O. The molecule has 0 aliphatic carbocycles. The van der Waals surface area contributed by atoms with E-state index in [2.05, 4.69) is 34.5 Å². The first kappa shape index (κ1) is 16.0. The highest BCUT2D eigenvalue weighted by molar-refractivity contribution is 6.30. The number of hydrogen-bond acceptors (Lipinski definition) is 2. The minimum absolute atomic E-state index is 0.103. The van der Waals surface area contributed by atoms with Crippen LogP contribution >= 0.6 is 11.6 Å². The summed E-state index contributed by atoms with van der Waals surface area (Å²) in [5, 5.41) is 3.50. The van der Waals surface area contributed by atoms with Crippen LogP contribution in [0, 0.1) is 0 Å². The van der Waals surface area contributed by atoms with Crippen molar-refractivity contribution < 1.29 is 4.79 Å². The summed E-state index contributed by atoms with van der Waals surface area (Å²) in [4.78, 5) is 14.6. The average Bonchev–Trinajstić information content (AvgIpc) is 3.07. The Bertz CT molecular complexity index is 663. The molecule has 23 heavy (non-hydrogen) atoms. The van der Waals surface area contributed by atoms with Crippen LogP contribution in [-0.2, 0) is 13.1 Å². The van der Waals surface area contributed by atoms with Crippen LogP contribution in [0.3, 0.4) is 0 Å². The molecule has 1 aliphatic heterocycles. The quantitative estimate of drug-likeness (QED) is 0.903. The third-order valence-electron chi connectivity index (χ3n) is 4.17. The first-order valence-electron chi connectivity index (χ1n) is 8.05. The van der Waals surface area contributed by atoms with Crippen LogP contribution in [-0.4, -0.2) is 23.9 Å². The second-order valence-electron chi connectivity index (χ2n) is 5.99. The van der Waals surface area contributed by atoms with E-state index in [0.717, 1.165) is 12.1 Å². The summed E-state index contributed by atoms with van der Waals surface area (Å²) < 4.78 is 0. The van der Waals surface area contributed by atoms with Gasteiger partial charge in [-0.3, -0.25) is 9.69 Å². The van der Waals surface area contributed by atoms with Gasteiger partial charge in [0.25, 0.3) is 5.91 Å². The van der Waals surface area contributed by atoms with Gasteiger partial charge in [-0.15, -0.1) is 0 Å². The molecule has 3 nitrogen and oxygen atoms in total.